The van der Waals surface area contributed by atoms with E-state index in [0.717, 1.165) is 12.8 Å². The van der Waals surface area contributed by atoms with Crippen molar-refractivity contribution in [3.63, 3.8) is 0 Å². The van der Waals surface area contributed by atoms with E-state index in [1.165, 1.54) is 14.2 Å². The molecule has 6 nitrogen and oxygen atoms in total. The minimum absolute atomic E-state index is 0.162. The first kappa shape index (κ1) is 15.4. The third kappa shape index (κ3) is 3.39. The first-order valence-electron chi connectivity index (χ1n) is 6.56. The molecule has 0 unspecified atom stereocenters. The highest BCUT2D eigenvalue weighted by Crippen LogP contribution is 2.46. The molecule has 0 N–H and O–H groups in total. The van der Waals surface area contributed by atoms with E-state index in [1.807, 2.05) is 0 Å². The zero-order chi connectivity index (χ0) is 15.4. The molecule has 1 aliphatic carbocycles. The lowest BCUT2D eigenvalue weighted by molar-refractivity contribution is -0.429. The average molecular weight is 312 g/mol. The SMILES string of the molecule is COc1cc(Cl)c([N-]C2=C([N+](=O)[O-])CCCC2)c(OC)c1. The van der Waals surface area contributed by atoms with E-state index < -0.39 is 0 Å². The van der Waals surface area contributed by atoms with Crippen molar-refractivity contribution in [2.75, 3.05) is 14.2 Å². The van der Waals surface area contributed by atoms with Crippen LogP contribution < -0.4 is 9.47 Å². The van der Waals surface area contributed by atoms with Crippen molar-refractivity contribution in [2.24, 2.45) is 0 Å². The lowest BCUT2D eigenvalue weighted by Crippen LogP contribution is -2.07. The van der Waals surface area contributed by atoms with Crippen LogP contribution in [0.5, 0.6) is 11.5 Å². The largest absolute Gasteiger partial charge is 0.652 e. The Morgan fingerprint density at radius 2 is 1.95 bits per heavy atom. The van der Waals surface area contributed by atoms with E-state index >= 15 is 0 Å². The molecule has 0 radical (unpaired) electrons. The fourth-order valence-electron chi connectivity index (χ4n) is 2.26. The van der Waals surface area contributed by atoms with E-state index in [0.29, 0.717) is 40.7 Å². The molecule has 0 bridgehead atoms. The van der Waals surface area contributed by atoms with Crippen LogP contribution in [-0.4, -0.2) is 19.1 Å². The Labute approximate surface area is 127 Å². The molecule has 0 aromatic heterocycles. The van der Waals surface area contributed by atoms with Crippen LogP contribution in [0, 0.1) is 10.1 Å². The summed E-state index contributed by atoms with van der Waals surface area (Å²) in [6.07, 6.45) is 2.69. The topological polar surface area (TPSA) is 75.7 Å². The Balaban J connectivity index is 2.40. The van der Waals surface area contributed by atoms with Crippen LogP contribution in [0.2, 0.25) is 5.02 Å². The molecule has 0 aliphatic heterocycles. The molecule has 114 valence electrons. The van der Waals surface area contributed by atoms with Crippen molar-refractivity contribution in [3.05, 3.63) is 44.0 Å². The fraction of sp³-hybridized carbons (Fsp3) is 0.429. The van der Waals surface area contributed by atoms with Gasteiger partial charge < -0.3 is 14.8 Å². The van der Waals surface area contributed by atoms with Gasteiger partial charge in [0.25, 0.3) is 0 Å². The van der Waals surface area contributed by atoms with Crippen LogP contribution in [0.3, 0.4) is 0 Å². The second kappa shape index (κ2) is 6.67. The minimum atomic E-state index is -0.359. The predicted octanol–water partition coefficient (Wildman–Crippen LogP) is 4.42. The minimum Gasteiger partial charge on any atom is -0.652 e. The van der Waals surface area contributed by atoms with Gasteiger partial charge in [-0.15, -0.1) is 0 Å². The maximum atomic E-state index is 11.1. The number of nitrogens with zero attached hydrogens (tertiary/aromatic N) is 2. The maximum Gasteiger partial charge on any atom is 0.227 e. The Morgan fingerprint density at radius 1 is 1.24 bits per heavy atom. The fourth-order valence-corrected chi connectivity index (χ4v) is 2.50. The number of ether oxygens (including phenoxy) is 2. The molecule has 0 fully saturated rings. The zero-order valence-corrected chi connectivity index (χ0v) is 12.6. The smallest absolute Gasteiger partial charge is 0.227 e. The van der Waals surface area contributed by atoms with E-state index in [9.17, 15) is 10.1 Å². The summed E-state index contributed by atoms with van der Waals surface area (Å²) in [7, 11) is 3.02. The third-order valence-electron chi connectivity index (χ3n) is 3.33. The first-order chi connectivity index (χ1) is 10.1. The molecule has 1 aromatic carbocycles. The molecule has 0 atom stereocenters. The molecule has 21 heavy (non-hydrogen) atoms. The highest BCUT2D eigenvalue weighted by molar-refractivity contribution is 6.34. The molecule has 2 rings (SSSR count). The second-order valence-corrected chi connectivity index (χ2v) is 5.04. The van der Waals surface area contributed by atoms with Gasteiger partial charge in [0.2, 0.25) is 5.70 Å². The van der Waals surface area contributed by atoms with Gasteiger partial charge in [-0.1, -0.05) is 29.4 Å². The summed E-state index contributed by atoms with van der Waals surface area (Å²) in [5.74, 6) is 0.975. The summed E-state index contributed by atoms with van der Waals surface area (Å²) >= 11 is 6.19. The second-order valence-electron chi connectivity index (χ2n) is 4.63. The van der Waals surface area contributed by atoms with E-state index in [1.54, 1.807) is 12.1 Å². The Hall–Kier alpha value is -1.95. The van der Waals surface area contributed by atoms with Crippen molar-refractivity contribution < 1.29 is 14.4 Å². The van der Waals surface area contributed by atoms with Gasteiger partial charge in [0.1, 0.15) is 11.5 Å². The van der Waals surface area contributed by atoms with Crippen LogP contribution in [0.1, 0.15) is 25.7 Å². The molecular formula is C14H16ClN2O4-. The van der Waals surface area contributed by atoms with Gasteiger partial charge in [-0.25, -0.2) is 0 Å². The predicted molar refractivity (Wildman–Crippen MR) is 80.1 cm³/mol. The van der Waals surface area contributed by atoms with Crippen molar-refractivity contribution in [2.45, 2.75) is 25.7 Å². The van der Waals surface area contributed by atoms with Crippen LogP contribution >= 0.6 is 11.6 Å². The normalized spacial score (nSPS) is 14.8. The van der Waals surface area contributed by atoms with Crippen molar-refractivity contribution in [1.29, 1.82) is 0 Å². The quantitative estimate of drug-likeness (QED) is 0.595. The summed E-state index contributed by atoms with van der Waals surface area (Å²) in [6.45, 7) is 0. The molecule has 0 heterocycles. The Morgan fingerprint density at radius 3 is 2.57 bits per heavy atom. The Kier molecular flexibility index (Phi) is 4.90. The number of allylic oxidation sites excluding steroid dienone is 2. The van der Waals surface area contributed by atoms with Gasteiger partial charge in [0.15, 0.2) is 0 Å². The third-order valence-corrected chi connectivity index (χ3v) is 3.62. The number of rotatable bonds is 5. The molecule has 0 saturated heterocycles. The first-order valence-corrected chi connectivity index (χ1v) is 6.94. The summed E-state index contributed by atoms with van der Waals surface area (Å²) < 4.78 is 10.4. The van der Waals surface area contributed by atoms with Crippen molar-refractivity contribution in [3.8, 4) is 11.5 Å². The molecule has 1 aliphatic rings. The summed E-state index contributed by atoms with van der Waals surface area (Å²) in [4.78, 5) is 10.7. The standard InChI is InChI=1S/C14H16ClN2O4/c1-20-9-7-10(15)14(13(8-9)21-2)16-11-5-3-4-6-12(11)17(18)19/h7-8H,3-6H2,1-2H3/q-1. The van der Waals surface area contributed by atoms with E-state index in [-0.39, 0.29) is 10.6 Å². The van der Waals surface area contributed by atoms with Crippen molar-refractivity contribution in [1.82, 2.24) is 0 Å². The summed E-state index contributed by atoms with van der Waals surface area (Å²) in [5, 5.41) is 15.8. The van der Waals surface area contributed by atoms with Crippen LogP contribution in [-0.2, 0) is 0 Å². The molecule has 7 heteroatoms. The number of benzene rings is 1. The van der Waals surface area contributed by atoms with Crippen LogP contribution in [0.4, 0.5) is 5.69 Å². The van der Waals surface area contributed by atoms with Gasteiger partial charge in [0, 0.05) is 17.5 Å². The molecule has 1 aromatic rings. The number of hydrogen-bond donors (Lipinski definition) is 0. The number of halogens is 1. The summed E-state index contributed by atoms with van der Waals surface area (Å²) in [5.41, 5.74) is 1.03. The summed E-state index contributed by atoms with van der Waals surface area (Å²) in [6, 6.07) is 3.26. The number of nitro groups is 1. The molecular weight excluding hydrogens is 296 g/mol. The van der Waals surface area contributed by atoms with E-state index in [2.05, 4.69) is 5.32 Å². The monoisotopic (exact) mass is 311 g/mol. The van der Waals surface area contributed by atoms with Gasteiger partial charge in [-0.2, -0.15) is 0 Å². The lowest BCUT2D eigenvalue weighted by atomic mass is 10.0. The average Bonchev–Trinajstić information content (AvgIpc) is 2.49. The maximum absolute atomic E-state index is 11.1. The zero-order valence-electron chi connectivity index (χ0n) is 11.9. The lowest BCUT2D eigenvalue weighted by Gasteiger charge is -2.31. The highest BCUT2D eigenvalue weighted by Gasteiger charge is 2.17. The molecule has 0 amide bonds. The van der Waals surface area contributed by atoms with Gasteiger partial charge in [-0.3, -0.25) is 10.1 Å². The van der Waals surface area contributed by atoms with Crippen molar-refractivity contribution >= 4 is 17.3 Å². The highest BCUT2D eigenvalue weighted by atomic mass is 35.5. The number of hydrogen-bond acceptors (Lipinski definition) is 4. The van der Waals surface area contributed by atoms with Crippen LogP contribution in [0.25, 0.3) is 5.32 Å². The van der Waals surface area contributed by atoms with Gasteiger partial charge in [0.05, 0.1) is 19.1 Å². The van der Waals surface area contributed by atoms with E-state index in [4.69, 9.17) is 21.1 Å². The Bertz CT molecular complexity index is 587. The van der Waals surface area contributed by atoms with Gasteiger partial charge in [-0.05, 0) is 18.9 Å². The van der Waals surface area contributed by atoms with Crippen LogP contribution in [0.15, 0.2) is 23.5 Å². The molecule has 0 saturated carbocycles. The van der Waals surface area contributed by atoms with Gasteiger partial charge >= 0.3 is 0 Å². The number of methoxy groups -OCH3 is 2. The molecule has 0 spiro atoms.